The molecule has 0 radical (unpaired) electrons. The number of rotatable bonds is 3. The van der Waals surface area contributed by atoms with E-state index in [1.54, 1.807) is 0 Å². The summed E-state index contributed by atoms with van der Waals surface area (Å²) in [5.74, 6) is 0.104. The topological polar surface area (TPSA) is 44.4 Å². The van der Waals surface area contributed by atoms with Gasteiger partial charge in [0.05, 0.1) is 0 Å². The zero-order valence-corrected chi connectivity index (χ0v) is 15.0. The third kappa shape index (κ3) is 5.03. The number of hydrogen-bond acceptors (Lipinski definition) is 2. The first-order chi connectivity index (χ1) is 12.2. The largest absolute Gasteiger partial charge is 0.339 e. The first-order valence-corrected chi connectivity index (χ1v) is 9.15. The molecule has 25 heavy (non-hydrogen) atoms. The number of carbonyl (C=O) groups excluding carboxylic acids is 1. The van der Waals surface area contributed by atoms with Gasteiger partial charge < -0.3 is 15.5 Å². The van der Waals surface area contributed by atoms with Crippen molar-refractivity contribution >= 4 is 34.6 Å². The van der Waals surface area contributed by atoms with Gasteiger partial charge in [-0.3, -0.25) is 4.79 Å². The van der Waals surface area contributed by atoms with Gasteiger partial charge in [-0.2, -0.15) is 0 Å². The van der Waals surface area contributed by atoms with Crippen molar-refractivity contribution < 1.29 is 4.79 Å². The lowest BCUT2D eigenvalue weighted by Gasteiger charge is -2.20. The zero-order valence-electron chi connectivity index (χ0n) is 14.2. The minimum atomic E-state index is 0.104. The lowest BCUT2D eigenvalue weighted by molar-refractivity contribution is 0.0761. The molecule has 0 aromatic heterocycles. The Hall–Kier alpha value is -2.40. The molecular formula is C20H23N3OS. The van der Waals surface area contributed by atoms with Crippen LogP contribution in [0.5, 0.6) is 0 Å². The zero-order chi connectivity index (χ0) is 17.5. The van der Waals surface area contributed by atoms with E-state index in [9.17, 15) is 4.79 Å². The molecule has 0 unspecified atom stereocenters. The second-order valence-electron chi connectivity index (χ2n) is 6.23. The number of nitrogens with one attached hydrogen (secondary N) is 2. The van der Waals surface area contributed by atoms with E-state index < -0.39 is 0 Å². The van der Waals surface area contributed by atoms with Gasteiger partial charge in [-0.05, 0) is 55.4 Å². The van der Waals surface area contributed by atoms with Gasteiger partial charge in [0.15, 0.2) is 5.11 Å². The van der Waals surface area contributed by atoms with Crippen molar-refractivity contribution in [2.75, 3.05) is 23.7 Å². The van der Waals surface area contributed by atoms with Crippen LogP contribution >= 0.6 is 12.2 Å². The average Bonchev–Trinajstić information content (AvgIpc) is 2.91. The number of thiocarbonyl (C=S) groups is 1. The molecule has 0 aliphatic carbocycles. The standard InChI is InChI=1S/C20H23N3OS/c24-19(23-13-6-1-2-7-14-23)16-9-8-12-18(15-16)22-20(25)21-17-10-4-3-5-11-17/h3-5,8-12,15H,1-2,6-7,13-14H2,(H2,21,22,25). The van der Waals surface area contributed by atoms with Crippen molar-refractivity contribution in [2.45, 2.75) is 25.7 Å². The summed E-state index contributed by atoms with van der Waals surface area (Å²) < 4.78 is 0. The molecule has 3 rings (SSSR count). The highest BCUT2D eigenvalue weighted by atomic mass is 32.1. The predicted molar refractivity (Wildman–Crippen MR) is 107 cm³/mol. The maximum Gasteiger partial charge on any atom is 0.253 e. The van der Waals surface area contributed by atoms with Crippen molar-refractivity contribution in [1.29, 1.82) is 0 Å². The Morgan fingerprint density at radius 2 is 1.48 bits per heavy atom. The van der Waals surface area contributed by atoms with Crippen molar-refractivity contribution in [3.63, 3.8) is 0 Å². The molecule has 0 spiro atoms. The Morgan fingerprint density at radius 3 is 2.20 bits per heavy atom. The molecule has 1 saturated heterocycles. The quantitative estimate of drug-likeness (QED) is 0.797. The van der Waals surface area contributed by atoms with Gasteiger partial charge in [-0.1, -0.05) is 37.1 Å². The highest BCUT2D eigenvalue weighted by Gasteiger charge is 2.17. The highest BCUT2D eigenvalue weighted by molar-refractivity contribution is 7.80. The molecule has 4 nitrogen and oxygen atoms in total. The number of likely N-dealkylation sites (tertiary alicyclic amines) is 1. The highest BCUT2D eigenvalue weighted by Crippen LogP contribution is 2.17. The number of amides is 1. The van der Waals surface area contributed by atoms with Crippen molar-refractivity contribution in [3.05, 3.63) is 60.2 Å². The second-order valence-corrected chi connectivity index (χ2v) is 6.64. The van der Waals surface area contributed by atoms with Gasteiger partial charge in [0, 0.05) is 30.0 Å². The monoisotopic (exact) mass is 353 g/mol. The summed E-state index contributed by atoms with van der Waals surface area (Å²) in [6, 6.07) is 17.3. The lowest BCUT2D eigenvalue weighted by Crippen LogP contribution is -2.31. The second kappa shape index (κ2) is 8.62. The van der Waals surface area contributed by atoms with Crippen LogP contribution < -0.4 is 10.6 Å². The molecule has 2 aromatic carbocycles. The molecule has 0 bridgehead atoms. The van der Waals surface area contributed by atoms with E-state index in [-0.39, 0.29) is 5.91 Å². The molecule has 2 N–H and O–H groups in total. The Labute approximate surface area is 154 Å². The normalized spacial score (nSPS) is 14.5. The number of para-hydroxylation sites is 1. The van der Waals surface area contributed by atoms with Crippen LogP contribution in [0.2, 0.25) is 0 Å². The van der Waals surface area contributed by atoms with Crippen molar-refractivity contribution in [3.8, 4) is 0 Å². The van der Waals surface area contributed by atoms with Gasteiger partial charge in [-0.25, -0.2) is 0 Å². The molecule has 1 aliphatic rings. The number of carbonyl (C=O) groups is 1. The average molecular weight is 353 g/mol. The van der Waals surface area contributed by atoms with Crippen LogP contribution in [0.3, 0.4) is 0 Å². The smallest absolute Gasteiger partial charge is 0.253 e. The SMILES string of the molecule is O=C(c1cccc(NC(=S)Nc2ccccc2)c1)N1CCCCCC1. The molecule has 0 atom stereocenters. The molecule has 130 valence electrons. The maximum absolute atomic E-state index is 12.7. The van der Waals surface area contributed by atoms with Gasteiger partial charge in [-0.15, -0.1) is 0 Å². The molecule has 5 heteroatoms. The van der Waals surface area contributed by atoms with E-state index >= 15 is 0 Å². The van der Waals surface area contributed by atoms with E-state index in [0.717, 1.165) is 37.3 Å². The summed E-state index contributed by atoms with van der Waals surface area (Å²) in [5.41, 5.74) is 2.44. The summed E-state index contributed by atoms with van der Waals surface area (Å²) in [6.07, 6.45) is 4.61. The van der Waals surface area contributed by atoms with Gasteiger partial charge in [0.1, 0.15) is 0 Å². The summed E-state index contributed by atoms with van der Waals surface area (Å²) >= 11 is 5.35. The minimum Gasteiger partial charge on any atom is -0.339 e. The van der Waals surface area contributed by atoms with Gasteiger partial charge in [0.2, 0.25) is 0 Å². The van der Waals surface area contributed by atoms with E-state index in [1.165, 1.54) is 12.8 Å². The number of hydrogen-bond donors (Lipinski definition) is 2. The van der Waals surface area contributed by atoms with Crippen LogP contribution in [0.15, 0.2) is 54.6 Å². The lowest BCUT2D eigenvalue weighted by atomic mass is 10.1. The van der Waals surface area contributed by atoms with Crippen LogP contribution in [0.25, 0.3) is 0 Å². The number of anilines is 2. The Kier molecular flexibility index (Phi) is 6.01. The van der Waals surface area contributed by atoms with Crippen molar-refractivity contribution in [2.24, 2.45) is 0 Å². The predicted octanol–water partition coefficient (Wildman–Crippen LogP) is 4.51. The van der Waals surface area contributed by atoms with Crippen LogP contribution in [-0.2, 0) is 0 Å². The van der Waals surface area contributed by atoms with Gasteiger partial charge in [0.25, 0.3) is 5.91 Å². The molecule has 1 amide bonds. The van der Waals surface area contributed by atoms with E-state index in [4.69, 9.17) is 12.2 Å². The Balaban J connectivity index is 1.64. The van der Waals surface area contributed by atoms with Crippen LogP contribution in [-0.4, -0.2) is 29.0 Å². The van der Waals surface area contributed by atoms with E-state index in [0.29, 0.717) is 10.7 Å². The van der Waals surface area contributed by atoms with E-state index in [1.807, 2.05) is 59.5 Å². The summed E-state index contributed by atoms with van der Waals surface area (Å²) in [4.78, 5) is 14.7. The third-order valence-electron chi connectivity index (χ3n) is 4.29. The fourth-order valence-corrected chi connectivity index (χ4v) is 3.24. The molecule has 1 heterocycles. The maximum atomic E-state index is 12.7. The summed E-state index contributed by atoms with van der Waals surface area (Å²) in [6.45, 7) is 1.70. The Bertz CT molecular complexity index is 725. The van der Waals surface area contributed by atoms with Crippen LogP contribution in [0.4, 0.5) is 11.4 Å². The van der Waals surface area contributed by atoms with Crippen LogP contribution in [0.1, 0.15) is 36.0 Å². The Morgan fingerprint density at radius 1 is 0.840 bits per heavy atom. The molecular weight excluding hydrogens is 330 g/mol. The van der Waals surface area contributed by atoms with Crippen LogP contribution in [0, 0.1) is 0 Å². The summed E-state index contributed by atoms with van der Waals surface area (Å²) in [5, 5.41) is 6.79. The molecule has 1 fully saturated rings. The summed E-state index contributed by atoms with van der Waals surface area (Å²) in [7, 11) is 0. The third-order valence-corrected chi connectivity index (χ3v) is 4.50. The fraction of sp³-hybridized carbons (Fsp3) is 0.300. The van der Waals surface area contributed by atoms with Gasteiger partial charge >= 0.3 is 0 Å². The fourth-order valence-electron chi connectivity index (χ4n) is 3.00. The molecule has 0 saturated carbocycles. The molecule has 2 aromatic rings. The first-order valence-electron chi connectivity index (χ1n) is 8.75. The molecule has 1 aliphatic heterocycles. The number of nitrogens with zero attached hydrogens (tertiary/aromatic N) is 1. The van der Waals surface area contributed by atoms with E-state index in [2.05, 4.69) is 10.6 Å². The first kappa shape index (κ1) is 17.4. The minimum absolute atomic E-state index is 0.104. The van der Waals surface area contributed by atoms with Crippen molar-refractivity contribution in [1.82, 2.24) is 4.90 Å². The number of benzene rings is 2.